The fourth-order valence-electron chi connectivity index (χ4n) is 4.16. The van der Waals surface area contributed by atoms with Crippen LogP contribution in [-0.4, -0.2) is 78.4 Å². The van der Waals surface area contributed by atoms with Crippen molar-refractivity contribution in [3.05, 3.63) is 30.1 Å². The van der Waals surface area contributed by atoms with Gasteiger partial charge in [-0.2, -0.15) is 13.2 Å². The monoisotopic (exact) mass is 446 g/mol. The highest BCUT2D eigenvalue weighted by atomic mass is 19.4. The average molecular weight is 446 g/mol. The molecule has 0 aromatic carbocycles. The van der Waals surface area contributed by atoms with E-state index in [4.69, 9.17) is 24.1 Å². The predicted octanol–water partition coefficient (Wildman–Crippen LogP) is 2.89. The SMILES string of the molecule is O=C(O)C(F)(F)F.c1cncc(CN2CC3(CC(OCC4CCOCC4)CCO3)C2)c1. The lowest BCUT2D eigenvalue weighted by Gasteiger charge is -2.53. The number of alkyl halides is 3. The quantitative estimate of drug-likeness (QED) is 0.745. The van der Waals surface area contributed by atoms with Crippen molar-refractivity contribution < 1.29 is 37.3 Å². The first-order valence-electron chi connectivity index (χ1n) is 10.5. The van der Waals surface area contributed by atoms with Gasteiger partial charge in [0, 0.05) is 64.9 Å². The second kappa shape index (κ2) is 10.7. The van der Waals surface area contributed by atoms with Crippen LogP contribution in [0.15, 0.2) is 24.5 Å². The molecule has 1 spiro atoms. The summed E-state index contributed by atoms with van der Waals surface area (Å²) in [5.74, 6) is -2.08. The largest absolute Gasteiger partial charge is 0.490 e. The third-order valence-corrected chi connectivity index (χ3v) is 5.75. The molecule has 1 N–H and O–H groups in total. The van der Waals surface area contributed by atoms with E-state index < -0.39 is 12.1 Å². The molecule has 4 rings (SSSR count). The number of aliphatic carboxylic acids is 1. The number of hydrogen-bond donors (Lipinski definition) is 1. The number of rotatable bonds is 5. The normalized spacial score (nSPS) is 24.2. The van der Waals surface area contributed by atoms with Crippen molar-refractivity contribution in [2.24, 2.45) is 5.92 Å². The second-order valence-electron chi connectivity index (χ2n) is 8.34. The van der Waals surface area contributed by atoms with Crippen LogP contribution in [0.2, 0.25) is 0 Å². The third-order valence-electron chi connectivity index (χ3n) is 5.75. The summed E-state index contributed by atoms with van der Waals surface area (Å²) in [4.78, 5) is 15.5. The Morgan fingerprint density at radius 2 is 1.97 bits per heavy atom. The van der Waals surface area contributed by atoms with Crippen molar-refractivity contribution in [2.75, 3.05) is 39.5 Å². The van der Waals surface area contributed by atoms with Gasteiger partial charge in [0.1, 0.15) is 0 Å². The van der Waals surface area contributed by atoms with E-state index >= 15 is 0 Å². The van der Waals surface area contributed by atoms with Gasteiger partial charge in [0.2, 0.25) is 0 Å². The van der Waals surface area contributed by atoms with E-state index in [0.717, 1.165) is 71.7 Å². The Labute approximate surface area is 179 Å². The van der Waals surface area contributed by atoms with E-state index in [1.807, 2.05) is 18.5 Å². The highest BCUT2D eigenvalue weighted by Crippen LogP contribution is 2.36. The standard InChI is InChI=1S/C19H28N2O3.C2HF3O2/c1-2-17(11-20-6-1)12-21-14-19(15-21)10-18(5-9-24-19)23-13-16-3-7-22-8-4-16;3-2(4,5)1(6)7/h1-2,6,11,16,18H,3-5,7-10,12-15H2;(H,6,7). The Morgan fingerprint density at radius 3 is 2.58 bits per heavy atom. The molecular formula is C21H29F3N2O5. The van der Waals surface area contributed by atoms with Gasteiger partial charge in [-0.1, -0.05) is 6.07 Å². The van der Waals surface area contributed by atoms with Crippen LogP contribution in [0.4, 0.5) is 13.2 Å². The van der Waals surface area contributed by atoms with Crippen molar-refractivity contribution in [2.45, 2.75) is 50.1 Å². The number of carboxylic acids is 1. The first-order valence-corrected chi connectivity index (χ1v) is 10.5. The van der Waals surface area contributed by atoms with Gasteiger partial charge in [0.25, 0.3) is 0 Å². The number of ether oxygens (including phenoxy) is 3. The molecule has 4 heterocycles. The molecule has 0 amide bonds. The van der Waals surface area contributed by atoms with Crippen LogP contribution in [0.3, 0.4) is 0 Å². The van der Waals surface area contributed by atoms with E-state index in [0.29, 0.717) is 12.0 Å². The molecule has 174 valence electrons. The van der Waals surface area contributed by atoms with Gasteiger partial charge in [0.05, 0.1) is 11.7 Å². The predicted molar refractivity (Wildman–Crippen MR) is 104 cm³/mol. The van der Waals surface area contributed by atoms with Crippen molar-refractivity contribution in [3.63, 3.8) is 0 Å². The summed E-state index contributed by atoms with van der Waals surface area (Å²) in [6.45, 7) is 6.51. The minimum absolute atomic E-state index is 0.0286. The van der Waals surface area contributed by atoms with Gasteiger partial charge < -0.3 is 19.3 Å². The highest BCUT2D eigenvalue weighted by Gasteiger charge is 2.47. The zero-order valence-corrected chi connectivity index (χ0v) is 17.4. The Kier molecular flexibility index (Phi) is 8.26. The van der Waals surface area contributed by atoms with E-state index in [1.165, 1.54) is 5.56 Å². The number of pyridine rings is 1. The average Bonchev–Trinajstić information content (AvgIpc) is 2.73. The van der Waals surface area contributed by atoms with Crippen LogP contribution in [0, 0.1) is 5.92 Å². The maximum absolute atomic E-state index is 10.6. The highest BCUT2D eigenvalue weighted by molar-refractivity contribution is 5.73. The number of carbonyl (C=O) groups is 1. The number of aromatic nitrogens is 1. The van der Waals surface area contributed by atoms with Crippen LogP contribution >= 0.6 is 0 Å². The number of carboxylic acid groups (broad SMARTS) is 1. The molecule has 3 saturated heterocycles. The van der Waals surface area contributed by atoms with E-state index in [9.17, 15) is 13.2 Å². The van der Waals surface area contributed by atoms with Crippen molar-refractivity contribution in [1.29, 1.82) is 0 Å². The number of hydrogen-bond acceptors (Lipinski definition) is 6. The Morgan fingerprint density at radius 1 is 1.26 bits per heavy atom. The molecule has 7 nitrogen and oxygen atoms in total. The molecule has 3 aliphatic rings. The number of likely N-dealkylation sites (tertiary alicyclic amines) is 1. The number of nitrogens with zero attached hydrogens (tertiary/aromatic N) is 2. The van der Waals surface area contributed by atoms with Gasteiger partial charge in [-0.25, -0.2) is 4.79 Å². The molecule has 0 radical (unpaired) electrons. The molecule has 0 aliphatic carbocycles. The minimum atomic E-state index is -5.08. The van der Waals surface area contributed by atoms with Crippen LogP contribution in [0.5, 0.6) is 0 Å². The topological polar surface area (TPSA) is 81.1 Å². The molecule has 31 heavy (non-hydrogen) atoms. The molecule has 1 aromatic rings. The van der Waals surface area contributed by atoms with Gasteiger partial charge in [0.15, 0.2) is 0 Å². The van der Waals surface area contributed by atoms with Crippen LogP contribution in [0.1, 0.15) is 31.2 Å². The van der Waals surface area contributed by atoms with Crippen LogP contribution in [0.25, 0.3) is 0 Å². The molecule has 1 unspecified atom stereocenters. The summed E-state index contributed by atoms with van der Waals surface area (Å²) in [5, 5.41) is 7.12. The Bertz CT molecular complexity index is 692. The van der Waals surface area contributed by atoms with Gasteiger partial charge in [-0.3, -0.25) is 9.88 Å². The Balaban J connectivity index is 0.000000339. The van der Waals surface area contributed by atoms with Gasteiger partial charge in [-0.05, 0) is 36.8 Å². The zero-order valence-electron chi connectivity index (χ0n) is 17.4. The fraction of sp³-hybridized carbons (Fsp3) is 0.714. The first kappa shape index (κ1) is 23.9. The Hall–Kier alpha value is -1.75. The first-order chi connectivity index (χ1) is 14.8. The fourth-order valence-corrected chi connectivity index (χ4v) is 4.16. The van der Waals surface area contributed by atoms with Gasteiger partial charge >= 0.3 is 12.1 Å². The summed E-state index contributed by atoms with van der Waals surface area (Å²) < 4.78 is 49.5. The van der Waals surface area contributed by atoms with Crippen LogP contribution in [-0.2, 0) is 25.5 Å². The molecular weight excluding hydrogens is 417 g/mol. The zero-order chi connectivity index (χ0) is 22.3. The molecule has 3 fully saturated rings. The molecule has 0 bridgehead atoms. The van der Waals surface area contributed by atoms with Crippen molar-refractivity contribution in [3.8, 4) is 0 Å². The lowest BCUT2D eigenvalue weighted by atomic mass is 9.84. The smallest absolute Gasteiger partial charge is 0.475 e. The van der Waals surface area contributed by atoms with Crippen molar-refractivity contribution in [1.82, 2.24) is 9.88 Å². The molecule has 1 atom stereocenters. The summed E-state index contributed by atoms with van der Waals surface area (Å²) >= 11 is 0. The molecule has 3 aliphatic heterocycles. The summed E-state index contributed by atoms with van der Waals surface area (Å²) in [6, 6.07) is 4.14. The van der Waals surface area contributed by atoms with Crippen molar-refractivity contribution >= 4 is 5.97 Å². The van der Waals surface area contributed by atoms with E-state index in [-0.39, 0.29) is 5.60 Å². The summed E-state index contributed by atoms with van der Waals surface area (Å²) in [6.07, 6.45) is 3.42. The van der Waals surface area contributed by atoms with Crippen LogP contribution < -0.4 is 0 Å². The number of halogens is 3. The summed E-state index contributed by atoms with van der Waals surface area (Å²) in [5.41, 5.74) is 1.30. The lowest BCUT2D eigenvalue weighted by Crippen LogP contribution is -2.65. The van der Waals surface area contributed by atoms with Gasteiger partial charge in [-0.15, -0.1) is 0 Å². The molecule has 10 heteroatoms. The second-order valence-corrected chi connectivity index (χ2v) is 8.34. The maximum Gasteiger partial charge on any atom is 0.490 e. The summed E-state index contributed by atoms with van der Waals surface area (Å²) in [7, 11) is 0. The maximum atomic E-state index is 10.6. The van der Waals surface area contributed by atoms with E-state index in [2.05, 4.69) is 16.0 Å². The molecule has 1 aromatic heterocycles. The molecule has 0 saturated carbocycles. The minimum Gasteiger partial charge on any atom is -0.475 e. The lowest BCUT2D eigenvalue weighted by molar-refractivity contribution is -0.201. The third kappa shape index (κ3) is 7.41. The van der Waals surface area contributed by atoms with E-state index in [1.54, 1.807) is 0 Å².